The third kappa shape index (κ3) is 1.39. The van der Waals surface area contributed by atoms with Gasteiger partial charge in [0.25, 0.3) is 0 Å². The second kappa shape index (κ2) is 3.28. The predicted molar refractivity (Wildman–Crippen MR) is 57.6 cm³/mol. The minimum atomic E-state index is 0.0749. The zero-order valence-corrected chi connectivity index (χ0v) is 8.60. The van der Waals surface area contributed by atoms with Gasteiger partial charge in [0.15, 0.2) is 0 Å². The van der Waals surface area contributed by atoms with Crippen LogP contribution in [0.15, 0.2) is 24.3 Å². The SMILES string of the molecule is CC1OCCc2nc3ccccc3nc21. The van der Waals surface area contributed by atoms with Gasteiger partial charge in [0.05, 0.1) is 35.1 Å². The summed E-state index contributed by atoms with van der Waals surface area (Å²) in [6, 6.07) is 7.97. The molecule has 3 heteroatoms. The summed E-state index contributed by atoms with van der Waals surface area (Å²) in [5.41, 5.74) is 4.02. The van der Waals surface area contributed by atoms with E-state index in [0.717, 1.165) is 35.4 Å². The molecule has 3 rings (SSSR count). The first kappa shape index (κ1) is 8.80. The van der Waals surface area contributed by atoms with Crippen LogP contribution in [0.3, 0.4) is 0 Å². The van der Waals surface area contributed by atoms with Crippen molar-refractivity contribution < 1.29 is 4.74 Å². The van der Waals surface area contributed by atoms with Gasteiger partial charge in [-0.05, 0) is 19.1 Å². The summed E-state index contributed by atoms with van der Waals surface area (Å²) in [6.45, 7) is 2.78. The lowest BCUT2D eigenvalue weighted by Crippen LogP contribution is -2.17. The lowest BCUT2D eigenvalue weighted by molar-refractivity contribution is 0.0510. The second-order valence-electron chi connectivity index (χ2n) is 3.81. The number of fused-ring (bicyclic) bond motifs is 2. The molecule has 15 heavy (non-hydrogen) atoms. The van der Waals surface area contributed by atoms with Gasteiger partial charge in [-0.2, -0.15) is 0 Å². The van der Waals surface area contributed by atoms with E-state index < -0.39 is 0 Å². The minimum Gasteiger partial charge on any atom is -0.372 e. The molecule has 0 spiro atoms. The topological polar surface area (TPSA) is 35.0 Å². The normalized spacial score (nSPS) is 20.2. The summed E-state index contributed by atoms with van der Waals surface area (Å²) in [5, 5.41) is 0. The van der Waals surface area contributed by atoms with Crippen molar-refractivity contribution in [3.63, 3.8) is 0 Å². The van der Waals surface area contributed by atoms with Gasteiger partial charge in [0.2, 0.25) is 0 Å². The Labute approximate surface area is 88.1 Å². The lowest BCUT2D eigenvalue weighted by atomic mass is 10.1. The van der Waals surface area contributed by atoms with Crippen molar-refractivity contribution in [3.8, 4) is 0 Å². The molecule has 1 unspecified atom stereocenters. The molecule has 1 aliphatic rings. The first-order valence-electron chi connectivity index (χ1n) is 5.22. The summed E-state index contributed by atoms with van der Waals surface area (Å²) < 4.78 is 5.55. The highest BCUT2D eigenvalue weighted by molar-refractivity contribution is 5.74. The van der Waals surface area contributed by atoms with Crippen LogP contribution in [-0.2, 0) is 11.2 Å². The summed E-state index contributed by atoms with van der Waals surface area (Å²) >= 11 is 0. The molecule has 1 aromatic heterocycles. The Kier molecular flexibility index (Phi) is 1.92. The molecule has 0 amide bonds. The molecule has 1 aliphatic heterocycles. The van der Waals surface area contributed by atoms with Crippen molar-refractivity contribution in [3.05, 3.63) is 35.7 Å². The highest BCUT2D eigenvalue weighted by atomic mass is 16.5. The molecule has 0 N–H and O–H groups in total. The van der Waals surface area contributed by atoms with Crippen LogP contribution in [0.1, 0.15) is 24.4 Å². The monoisotopic (exact) mass is 200 g/mol. The molecule has 0 bridgehead atoms. The number of rotatable bonds is 0. The van der Waals surface area contributed by atoms with Crippen molar-refractivity contribution in [2.24, 2.45) is 0 Å². The molecule has 2 heterocycles. The molecule has 0 aliphatic carbocycles. The van der Waals surface area contributed by atoms with E-state index in [-0.39, 0.29) is 6.10 Å². The van der Waals surface area contributed by atoms with Crippen molar-refractivity contribution >= 4 is 11.0 Å². The second-order valence-corrected chi connectivity index (χ2v) is 3.81. The fourth-order valence-corrected chi connectivity index (χ4v) is 1.97. The van der Waals surface area contributed by atoms with E-state index in [4.69, 9.17) is 4.74 Å². The van der Waals surface area contributed by atoms with Crippen LogP contribution < -0.4 is 0 Å². The standard InChI is InChI=1S/C12H12N2O/c1-8-12-11(6-7-15-8)13-9-4-2-3-5-10(9)14-12/h2-5,8H,6-7H2,1H3. The fourth-order valence-electron chi connectivity index (χ4n) is 1.97. The molecule has 0 radical (unpaired) electrons. The average Bonchev–Trinajstić information content (AvgIpc) is 2.27. The zero-order chi connectivity index (χ0) is 10.3. The van der Waals surface area contributed by atoms with Gasteiger partial charge in [0.1, 0.15) is 0 Å². The van der Waals surface area contributed by atoms with Crippen LogP contribution in [0, 0.1) is 0 Å². The van der Waals surface area contributed by atoms with Gasteiger partial charge in [-0.3, -0.25) is 0 Å². The number of benzene rings is 1. The molecule has 1 atom stereocenters. The van der Waals surface area contributed by atoms with Crippen LogP contribution in [-0.4, -0.2) is 16.6 Å². The maximum Gasteiger partial charge on any atom is 0.0985 e. The maximum atomic E-state index is 5.55. The molecule has 0 fully saturated rings. The predicted octanol–water partition coefficient (Wildman–Crippen LogP) is 2.26. The molecule has 3 nitrogen and oxygen atoms in total. The van der Waals surface area contributed by atoms with E-state index in [2.05, 4.69) is 9.97 Å². The summed E-state index contributed by atoms with van der Waals surface area (Å²) in [5.74, 6) is 0. The Morgan fingerprint density at radius 2 is 1.93 bits per heavy atom. The van der Waals surface area contributed by atoms with Gasteiger partial charge in [-0.25, -0.2) is 9.97 Å². The smallest absolute Gasteiger partial charge is 0.0985 e. The molecule has 1 aromatic carbocycles. The zero-order valence-electron chi connectivity index (χ0n) is 8.60. The first-order valence-corrected chi connectivity index (χ1v) is 5.22. The largest absolute Gasteiger partial charge is 0.372 e. The third-order valence-electron chi connectivity index (χ3n) is 2.77. The molecular formula is C12H12N2O. The van der Waals surface area contributed by atoms with Crippen LogP contribution in [0.2, 0.25) is 0 Å². The van der Waals surface area contributed by atoms with Crippen LogP contribution in [0.5, 0.6) is 0 Å². The summed E-state index contributed by atoms with van der Waals surface area (Å²) in [7, 11) is 0. The third-order valence-corrected chi connectivity index (χ3v) is 2.77. The van der Waals surface area contributed by atoms with Gasteiger partial charge < -0.3 is 4.74 Å². The van der Waals surface area contributed by atoms with Crippen molar-refractivity contribution in [1.29, 1.82) is 0 Å². The lowest BCUT2D eigenvalue weighted by Gasteiger charge is -2.21. The van der Waals surface area contributed by atoms with Crippen LogP contribution >= 0.6 is 0 Å². The quantitative estimate of drug-likeness (QED) is 0.654. The first-order chi connectivity index (χ1) is 7.34. The maximum absolute atomic E-state index is 5.55. The molecule has 0 saturated carbocycles. The number of hydrogen-bond acceptors (Lipinski definition) is 3. The number of para-hydroxylation sites is 2. The number of nitrogens with zero attached hydrogens (tertiary/aromatic N) is 2. The number of ether oxygens (including phenoxy) is 1. The van der Waals surface area contributed by atoms with Gasteiger partial charge in [0, 0.05) is 6.42 Å². The average molecular weight is 200 g/mol. The van der Waals surface area contributed by atoms with Crippen LogP contribution in [0.25, 0.3) is 11.0 Å². The van der Waals surface area contributed by atoms with E-state index >= 15 is 0 Å². The van der Waals surface area contributed by atoms with E-state index in [1.807, 2.05) is 31.2 Å². The van der Waals surface area contributed by atoms with Gasteiger partial charge in [-0.15, -0.1) is 0 Å². The molecule has 0 saturated heterocycles. The Bertz CT molecular complexity index is 510. The van der Waals surface area contributed by atoms with Gasteiger partial charge in [-0.1, -0.05) is 12.1 Å². The van der Waals surface area contributed by atoms with Gasteiger partial charge >= 0.3 is 0 Å². The van der Waals surface area contributed by atoms with E-state index in [0.29, 0.717) is 0 Å². The fraction of sp³-hybridized carbons (Fsp3) is 0.333. The minimum absolute atomic E-state index is 0.0749. The summed E-state index contributed by atoms with van der Waals surface area (Å²) in [4.78, 5) is 9.23. The number of hydrogen-bond donors (Lipinski definition) is 0. The van der Waals surface area contributed by atoms with E-state index in [1.165, 1.54) is 0 Å². The Morgan fingerprint density at radius 1 is 1.20 bits per heavy atom. The number of aromatic nitrogens is 2. The molecule has 76 valence electrons. The van der Waals surface area contributed by atoms with E-state index in [1.54, 1.807) is 0 Å². The Hall–Kier alpha value is -1.48. The van der Waals surface area contributed by atoms with Crippen molar-refractivity contribution in [1.82, 2.24) is 9.97 Å². The van der Waals surface area contributed by atoms with Crippen molar-refractivity contribution in [2.75, 3.05) is 6.61 Å². The van der Waals surface area contributed by atoms with E-state index in [9.17, 15) is 0 Å². The summed E-state index contributed by atoms with van der Waals surface area (Å²) in [6.07, 6.45) is 0.947. The highest BCUT2D eigenvalue weighted by Crippen LogP contribution is 2.25. The van der Waals surface area contributed by atoms with Crippen LogP contribution in [0.4, 0.5) is 0 Å². The van der Waals surface area contributed by atoms with Crippen molar-refractivity contribution in [2.45, 2.75) is 19.4 Å². The Balaban J connectivity index is 2.27. The highest BCUT2D eigenvalue weighted by Gasteiger charge is 2.20. The molecular weight excluding hydrogens is 188 g/mol. The Morgan fingerprint density at radius 3 is 2.73 bits per heavy atom. The molecule has 2 aromatic rings.